The molecule has 0 atom stereocenters. The summed E-state index contributed by atoms with van der Waals surface area (Å²) in [5.41, 5.74) is 4.01. The predicted octanol–water partition coefficient (Wildman–Crippen LogP) is 3.85. The number of hydrogen-bond acceptors (Lipinski definition) is 3. The Morgan fingerprint density at radius 3 is 2.48 bits per heavy atom. The Balaban J connectivity index is 0.00000341. The Labute approximate surface area is 201 Å². The summed E-state index contributed by atoms with van der Waals surface area (Å²) in [6.07, 6.45) is 2.70. The van der Waals surface area contributed by atoms with Crippen LogP contribution in [0.3, 0.4) is 0 Å². The molecule has 0 spiro atoms. The Kier molecular flexibility index (Phi) is 9.71. The van der Waals surface area contributed by atoms with E-state index >= 15 is 0 Å². The van der Waals surface area contributed by atoms with Gasteiger partial charge < -0.3 is 15.5 Å². The molecule has 1 amide bonds. The second-order valence-corrected chi connectivity index (χ2v) is 7.26. The fourth-order valence-electron chi connectivity index (χ4n) is 3.21. The molecule has 1 heterocycles. The van der Waals surface area contributed by atoms with E-state index in [1.165, 1.54) is 5.56 Å². The van der Waals surface area contributed by atoms with Gasteiger partial charge >= 0.3 is 0 Å². The smallest absolute Gasteiger partial charge is 0.253 e. The first kappa shape index (κ1) is 24.6. The van der Waals surface area contributed by atoms with E-state index in [-0.39, 0.29) is 29.9 Å². The lowest BCUT2D eigenvalue weighted by Crippen LogP contribution is -2.38. The lowest BCUT2D eigenvalue weighted by atomic mass is 10.1. The Morgan fingerprint density at radius 2 is 1.77 bits per heavy atom. The molecular weight excluding hydrogens is 501 g/mol. The number of nitrogens with one attached hydrogen (secondary N) is 2. The summed E-state index contributed by atoms with van der Waals surface area (Å²) in [6.45, 7) is 4.14. The van der Waals surface area contributed by atoms with E-state index in [9.17, 15) is 4.79 Å². The molecule has 164 valence electrons. The third-order valence-corrected chi connectivity index (χ3v) is 4.77. The molecule has 0 aliphatic rings. The molecule has 0 aliphatic carbocycles. The van der Waals surface area contributed by atoms with Crippen LogP contribution in [0.1, 0.15) is 28.4 Å². The van der Waals surface area contributed by atoms with Crippen molar-refractivity contribution in [3.05, 3.63) is 77.5 Å². The average Bonchev–Trinajstić information content (AvgIpc) is 2.77. The van der Waals surface area contributed by atoms with E-state index in [1.807, 2.05) is 43.5 Å². The summed E-state index contributed by atoms with van der Waals surface area (Å²) in [5.74, 6) is 0.780. The Morgan fingerprint density at radius 1 is 1.03 bits per heavy atom. The number of amides is 1. The van der Waals surface area contributed by atoms with E-state index in [2.05, 4.69) is 44.9 Å². The first-order valence-corrected chi connectivity index (χ1v) is 10.2. The number of benzene rings is 2. The van der Waals surface area contributed by atoms with Crippen molar-refractivity contribution in [1.82, 2.24) is 20.5 Å². The first-order chi connectivity index (χ1) is 14.6. The topological polar surface area (TPSA) is 69.6 Å². The van der Waals surface area contributed by atoms with E-state index in [1.54, 1.807) is 19.0 Å². The normalized spacial score (nSPS) is 11.0. The Bertz CT molecular complexity index is 1010. The van der Waals surface area contributed by atoms with Gasteiger partial charge in [-0.05, 0) is 42.7 Å². The van der Waals surface area contributed by atoms with Crippen molar-refractivity contribution in [2.24, 2.45) is 4.99 Å². The van der Waals surface area contributed by atoms with Gasteiger partial charge in [0.25, 0.3) is 5.91 Å². The van der Waals surface area contributed by atoms with E-state index in [0.717, 1.165) is 41.9 Å². The zero-order valence-electron chi connectivity index (χ0n) is 18.3. The summed E-state index contributed by atoms with van der Waals surface area (Å²) in [5, 5.41) is 7.84. The van der Waals surface area contributed by atoms with Gasteiger partial charge in [0, 0.05) is 44.3 Å². The number of carbonyl (C=O) groups excluding carboxylic acids is 1. The van der Waals surface area contributed by atoms with Gasteiger partial charge in [-0.25, -0.2) is 4.99 Å². The fourth-order valence-corrected chi connectivity index (χ4v) is 3.21. The number of aliphatic imine (C=N–C) groups is 1. The number of nitrogens with zero attached hydrogens (tertiary/aromatic N) is 3. The third-order valence-electron chi connectivity index (χ3n) is 4.77. The number of aromatic nitrogens is 1. The van der Waals surface area contributed by atoms with Crippen molar-refractivity contribution in [2.75, 3.05) is 27.2 Å². The molecule has 0 unspecified atom stereocenters. The van der Waals surface area contributed by atoms with E-state index in [0.29, 0.717) is 12.1 Å². The summed E-state index contributed by atoms with van der Waals surface area (Å²) in [6, 6.07) is 17.9. The highest BCUT2D eigenvalue weighted by Gasteiger charge is 2.07. The number of guanidine groups is 1. The van der Waals surface area contributed by atoms with Crippen LogP contribution in [0.2, 0.25) is 0 Å². The van der Waals surface area contributed by atoms with Crippen LogP contribution < -0.4 is 10.6 Å². The minimum atomic E-state index is 0. The maximum atomic E-state index is 12.0. The van der Waals surface area contributed by atoms with Gasteiger partial charge in [-0.15, -0.1) is 24.0 Å². The van der Waals surface area contributed by atoms with Crippen molar-refractivity contribution >= 4 is 46.7 Å². The van der Waals surface area contributed by atoms with Crippen molar-refractivity contribution < 1.29 is 4.79 Å². The van der Waals surface area contributed by atoms with E-state index in [4.69, 9.17) is 0 Å². The van der Waals surface area contributed by atoms with Crippen LogP contribution in [-0.2, 0) is 13.0 Å². The molecule has 7 heteroatoms. The molecule has 0 fully saturated rings. The zero-order chi connectivity index (χ0) is 21.3. The number of rotatable bonds is 7. The molecule has 0 saturated heterocycles. The lowest BCUT2D eigenvalue weighted by molar-refractivity contribution is 0.0827. The van der Waals surface area contributed by atoms with Crippen LogP contribution in [0.25, 0.3) is 10.9 Å². The first-order valence-electron chi connectivity index (χ1n) is 10.2. The monoisotopic (exact) mass is 531 g/mol. The van der Waals surface area contributed by atoms with Crippen LogP contribution >= 0.6 is 24.0 Å². The van der Waals surface area contributed by atoms with Gasteiger partial charge in [-0.1, -0.05) is 36.4 Å². The highest BCUT2D eigenvalue weighted by Crippen LogP contribution is 2.16. The largest absolute Gasteiger partial charge is 0.357 e. The van der Waals surface area contributed by atoms with Crippen molar-refractivity contribution in [2.45, 2.75) is 19.9 Å². The van der Waals surface area contributed by atoms with E-state index < -0.39 is 0 Å². The Hall–Kier alpha value is -2.68. The number of carbonyl (C=O) groups is 1. The summed E-state index contributed by atoms with van der Waals surface area (Å²) >= 11 is 0. The number of fused-ring (bicyclic) bond motifs is 1. The minimum Gasteiger partial charge on any atom is -0.357 e. The minimum absolute atomic E-state index is 0. The SMILES string of the molecule is CCNC(=NCc1ccc(C(=O)N(C)C)cc1)NCCc1cccc2cccnc12.I. The number of hydrogen-bond donors (Lipinski definition) is 2. The molecule has 0 bridgehead atoms. The van der Waals surface area contributed by atoms with Gasteiger partial charge in [0.2, 0.25) is 0 Å². The van der Waals surface area contributed by atoms with Crippen molar-refractivity contribution in [3.63, 3.8) is 0 Å². The molecule has 2 aromatic carbocycles. The van der Waals surface area contributed by atoms with Gasteiger partial charge in [0.05, 0.1) is 12.1 Å². The summed E-state index contributed by atoms with van der Waals surface area (Å²) < 4.78 is 0. The van der Waals surface area contributed by atoms with Crippen LogP contribution in [-0.4, -0.2) is 48.9 Å². The molecule has 3 aromatic rings. The van der Waals surface area contributed by atoms with Gasteiger partial charge in [-0.2, -0.15) is 0 Å². The predicted molar refractivity (Wildman–Crippen MR) is 138 cm³/mol. The molecule has 2 N–H and O–H groups in total. The van der Waals surface area contributed by atoms with Gasteiger partial charge in [0.1, 0.15) is 0 Å². The lowest BCUT2D eigenvalue weighted by Gasteiger charge is -2.12. The highest BCUT2D eigenvalue weighted by atomic mass is 127. The molecule has 31 heavy (non-hydrogen) atoms. The quantitative estimate of drug-likeness (QED) is 0.276. The fraction of sp³-hybridized carbons (Fsp3) is 0.292. The molecule has 0 aliphatic heterocycles. The van der Waals surface area contributed by atoms with Gasteiger partial charge in [-0.3, -0.25) is 9.78 Å². The van der Waals surface area contributed by atoms with Crippen LogP contribution in [0, 0.1) is 0 Å². The second kappa shape index (κ2) is 12.2. The average molecular weight is 531 g/mol. The molecule has 3 rings (SSSR count). The summed E-state index contributed by atoms with van der Waals surface area (Å²) in [7, 11) is 3.51. The van der Waals surface area contributed by atoms with Crippen LogP contribution in [0.5, 0.6) is 0 Å². The van der Waals surface area contributed by atoms with Crippen LogP contribution in [0.4, 0.5) is 0 Å². The van der Waals surface area contributed by atoms with Crippen molar-refractivity contribution in [3.8, 4) is 0 Å². The number of para-hydroxylation sites is 1. The standard InChI is InChI=1S/C24H29N5O.HI/c1-4-25-24(28-17-18-10-12-21(13-11-18)23(30)29(2)3)27-16-14-20-8-5-7-19-9-6-15-26-22(19)20;/h5-13,15H,4,14,16-17H2,1-3H3,(H2,25,27,28);1H. The second-order valence-electron chi connectivity index (χ2n) is 7.26. The highest BCUT2D eigenvalue weighted by molar-refractivity contribution is 14.0. The molecule has 1 aromatic heterocycles. The molecule has 0 radical (unpaired) electrons. The number of pyridine rings is 1. The third kappa shape index (κ3) is 6.92. The summed E-state index contributed by atoms with van der Waals surface area (Å²) in [4.78, 5) is 22.8. The molecule has 0 saturated carbocycles. The number of halogens is 1. The maximum absolute atomic E-state index is 12.0. The maximum Gasteiger partial charge on any atom is 0.253 e. The van der Waals surface area contributed by atoms with Crippen LogP contribution in [0.15, 0.2) is 65.8 Å². The molecular formula is C24H30IN5O. The zero-order valence-corrected chi connectivity index (χ0v) is 20.6. The van der Waals surface area contributed by atoms with Gasteiger partial charge in [0.15, 0.2) is 5.96 Å². The van der Waals surface area contributed by atoms with Crippen molar-refractivity contribution in [1.29, 1.82) is 0 Å². The molecule has 6 nitrogen and oxygen atoms in total.